The minimum absolute atomic E-state index is 0.0388. The average molecular weight is 692 g/mol. The van der Waals surface area contributed by atoms with Gasteiger partial charge in [-0.05, 0) is 147 Å². The Bertz CT molecular complexity index is 2350. The van der Waals surface area contributed by atoms with Crippen molar-refractivity contribution in [2.75, 3.05) is 4.90 Å². The Morgan fingerprint density at radius 1 is 0.434 bits per heavy atom. The second-order valence-electron chi connectivity index (χ2n) is 15.8. The molecule has 7 aromatic rings. The summed E-state index contributed by atoms with van der Waals surface area (Å²) in [7, 11) is 0. The molecule has 0 aromatic heterocycles. The first-order chi connectivity index (χ1) is 25.8. The fraction of sp³-hybridized carbons (Fsp3) is 0.269. The highest BCUT2D eigenvalue weighted by atomic mass is 15.2. The van der Waals surface area contributed by atoms with Gasteiger partial charge in [0.1, 0.15) is 0 Å². The number of benzene rings is 7. The first-order valence-corrected chi connectivity index (χ1v) is 20.0. The van der Waals surface area contributed by atoms with Gasteiger partial charge in [-0.15, -0.1) is 0 Å². The molecular formula is C52H53N. The molecule has 266 valence electrons. The van der Waals surface area contributed by atoms with Gasteiger partial charge in [-0.25, -0.2) is 0 Å². The molecule has 0 fully saturated rings. The lowest BCUT2D eigenvalue weighted by molar-refractivity contribution is 0.428. The van der Waals surface area contributed by atoms with Gasteiger partial charge in [0.05, 0.1) is 0 Å². The van der Waals surface area contributed by atoms with Crippen molar-refractivity contribution < 1.29 is 0 Å². The Morgan fingerprint density at radius 3 is 1.40 bits per heavy atom. The predicted octanol–water partition coefficient (Wildman–Crippen LogP) is 14.9. The van der Waals surface area contributed by atoms with Gasteiger partial charge in [0.2, 0.25) is 0 Å². The second-order valence-corrected chi connectivity index (χ2v) is 15.8. The summed E-state index contributed by atoms with van der Waals surface area (Å²) < 4.78 is 0. The maximum Gasteiger partial charge on any atom is 0.0422 e. The summed E-state index contributed by atoms with van der Waals surface area (Å²) in [5, 5.41) is 5.18. The topological polar surface area (TPSA) is 3.24 Å². The zero-order chi connectivity index (χ0) is 36.7. The molecule has 0 unspecified atom stereocenters. The van der Waals surface area contributed by atoms with Gasteiger partial charge in [0.25, 0.3) is 0 Å². The summed E-state index contributed by atoms with van der Waals surface area (Å²) in [5.41, 5.74) is 14.8. The standard InChI is InChI=1S/C52H53N/c1-7-51(5,8-2)42-30-26-37(27-31-42)49-45-18-11-13-20-47(45)50(48-21-14-12-19-46(48)49)38-28-32-43(33-29-38)53(52(6,9-3)10-4)44-17-15-16-39(35-44)41-25-23-36-22-24-40(36)34-41/h11-21,23,25-35H,7-10,22,24H2,1-6H3. The Balaban J connectivity index is 1.24. The summed E-state index contributed by atoms with van der Waals surface area (Å²) >= 11 is 0. The van der Waals surface area contributed by atoms with E-state index in [1.165, 1.54) is 95.8 Å². The number of aryl methyl sites for hydroxylation is 2. The maximum absolute atomic E-state index is 2.59. The monoisotopic (exact) mass is 691 g/mol. The van der Waals surface area contributed by atoms with Crippen LogP contribution in [0.2, 0.25) is 0 Å². The van der Waals surface area contributed by atoms with Crippen molar-refractivity contribution >= 4 is 32.9 Å². The van der Waals surface area contributed by atoms with Crippen molar-refractivity contribution in [1.29, 1.82) is 0 Å². The van der Waals surface area contributed by atoms with Gasteiger partial charge in [-0.1, -0.05) is 150 Å². The van der Waals surface area contributed by atoms with E-state index in [0.29, 0.717) is 0 Å². The number of rotatable bonds is 11. The SMILES string of the molecule is CCC(C)(CC)c1ccc(-c2c3ccccc3c(-c3ccc(N(c4cccc(-c5ccc6c(c5)CC6)c4)C(C)(CC)CC)cc3)c3ccccc23)cc1. The van der Waals surface area contributed by atoms with Crippen molar-refractivity contribution in [2.45, 2.75) is 91.0 Å². The number of nitrogens with zero attached hydrogens (tertiary/aromatic N) is 1. The third-order valence-corrected chi connectivity index (χ3v) is 13.1. The largest absolute Gasteiger partial charge is 0.336 e. The molecule has 53 heavy (non-hydrogen) atoms. The van der Waals surface area contributed by atoms with Crippen LogP contribution >= 0.6 is 0 Å². The zero-order valence-electron chi connectivity index (χ0n) is 32.5. The molecule has 0 radical (unpaired) electrons. The molecule has 0 spiro atoms. The molecule has 0 saturated heterocycles. The summed E-state index contributed by atoms with van der Waals surface area (Å²) in [6.45, 7) is 14.1. The number of anilines is 2. The van der Waals surface area contributed by atoms with E-state index in [-0.39, 0.29) is 11.0 Å². The highest BCUT2D eigenvalue weighted by molar-refractivity contribution is 6.21. The fourth-order valence-corrected chi connectivity index (χ4v) is 8.76. The molecule has 1 aliphatic carbocycles. The molecule has 0 bridgehead atoms. The molecule has 0 heterocycles. The molecular weight excluding hydrogens is 639 g/mol. The lowest BCUT2D eigenvalue weighted by Crippen LogP contribution is -2.42. The lowest BCUT2D eigenvalue weighted by atomic mass is 9.77. The van der Waals surface area contributed by atoms with E-state index >= 15 is 0 Å². The Morgan fingerprint density at radius 2 is 0.925 bits per heavy atom. The quantitative estimate of drug-likeness (QED) is 0.122. The Labute approximate surface area is 317 Å². The molecule has 0 aliphatic heterocycles. The highest BCUT2D eigenvalue weighted by Gasteiger charge is 2.31. The number of fused-ring (bicyclic) bond motifs is 3. The molecule has 0 amide bonds. The van der Waals surface area contributed by atoms with Gasteiger partial charge in [0.15, 0.2) is 0 Å². The van der Waals surface area contributed by atoms with Crippen LogP contribution in [0.25, 0.3) is 54.9 Å². The van der Waals surface area contributed by atoms with Crippen LogP contribution in [0.15, 0.2) is 140 Å². The molecule has 0 N–H and O–H groups in total. The van der Waals surface area contributed by atoms with E-state index in [9.17, 15) is 0 Å². The van der Waals surface area contributed by atoms with Gasteiger partial charge < -0.3 is 4.90 Å². The minimum atomic E-state index is -0.0388. The predicted molar refractivity (Wildman–Crippen MR) is 231 cm³/mol. The van der Waals surface area contributed by atoms with Crippen molar-refractivity contribution in [3.05, 3.63) is 156 Å². The third-order valence-electron chi connectivity index (χ3n) is 13.1. The first-order valence-electron chi connectivity index (χ1n) is 20.0. The van der Waals surface area contributed by atoms with Crippen LogP contribution in [0.5, 0.6) is 0 Å². The summed E-state index contributed by atoms with van der Waals surface area (Å²) in [4.78, 5) is 2.59. The van der Waals surface area contributed by atoms with Crippen LogP contribution in [-0.4, -0.2) is 5.54 Å². The van der Waals surface area contributed by atoms with Crippen LogP contribution in [0.4, 0.5) is 11.4 Å². The molecule has 1 heteroatoms. The molecule has 7 aromatic carbocycles. The Kier molecular flexibility index (Phi) is 9.23. The third kappa shape index (κ3) is 6.05. The molecule has 1 aliphatic rings. The van der Waals surface area contributed by atoms with Crippen LogP contribution in [0, 0.1) is 0 Å². The normalized spacial score (nSPS) is 12.9. The van der Waals surface area contributed by atoms with E-state index in [1.807, 2.05) is 0 Å². The fourth-order valence-electron chi connectivity index (χ4n) is 8.76. The average Bonchev–Trinajstić information content (AvgIpc) is 3.20. The van der Waals surface area contributed by atoms with Crippen molar-refractivity contribution in [2.24, 2.45) is 0 Å². The van der Waals surface area contributed by atoms with Crippen LogP contribution in [0.1, 0.15) is 83.9 Å². The van der Waals surface area contributed by atoms with Gasteiger partial charge in [-0.2, -0.15) is 0 Å². The second kappa shape index (κ2) is 14.0. The van der Waals surface area contributed by atoms with Gasteiger partial charge >= 0.3 is 0 Å². The van der Waals surface area contributed by atoms with Gasteiger partial charge in [0, 0.05) is 16.9 Å². The molecule has 0 atom stereocenters. The van der Waals surface area contributed by atoms with Crippen molar-refractivity contribution in [3.63, 3.8) is 0 Å². The van der Waals surface area contributed by atoms with Crippen LogP contribution in [0.3, 0.4) is 0 Å². The molecule has 1 nitrogen and oxygen atoms in total. The van der Waals surface area contributed by atoms with Crippen molar-refractivity contribution in [3.8, 4) is 33.4 Å². The zero-order valence-corrected chi connectivity index (χ0v) is 32.5. The molecule has 0 saturated carbocycles. The summed E-state index contributed by atoms with van der Waals surface area (Å²) in [5.74, 6) is 0. The maximum atomic E-state index is 2.59. The van der Waals surface area contributed by atoms with E-state index < -0.39 is 0 Å². The number of hydrogen-bond donors (Lipinski definition) is 0. The van der Waals surface area contributed by atoms with E-state index in [1.54, 1.807) is 0 Å². The van der Waals surface area contributed by atoms with E-state index in [4.69, 9.17) is 0 Å². The first kappa shape index (κ1) is 34.9. The van der Waals surface area contributed by atoms with E-state index in [0.717, 1.165) is 25.7 Å². The molecule has 8 rings (SSSR count). The summed E-state index contributed by atoms with van der Waals surface area (Å²) in [6, 6.07) is 53.1. The van der Waals surface area contributed by atoms with Crippen molar-refractivity contribution in [1.82, 2.24) is 0 Å². The minimum Gasteiger partial charge on any atom is -0.336 e. The van der Waals surface area contributed by atoms with Crippen LogP contribution < -0.4 is 4.90 Å². The number of hydrogen-bond acceptors (Lipinski definition) is 1. The lowest BCUT2D eigenvalue weighted by Gasteiger charge is -2.42. The van der Waals surface area contributed by atoms with Crippen LogP contribution in [-0.2, 0) is 18.3 Å². The van der Waals surface area contributed by atoms with E-state index in [2.05, 4.69) is 186 Å². The smallest absolute Gasteiger partial charge is 0.0422 e. The van der Waals surface area contributed by atoms with Gasteiger partial charge in [-0.3, -0.25) is 0 Å². The highest BCUT2D eigenvalue weighted by Crippen LogP contribution is 2.46. The Hall–Kier alpha value is -5.14. The summed E-state index contributed by atoms with van der Waals surface area (Å²) in [6.07, 6.45) is 6.77.